The minimum absolute atomic E-state index is 0.165. The lowest BCUT2D eigenvalue weighted by atomic mass is 10.2. The lowest BCUT2D eigenvalue weighted by Crippen LogP contribution is -2.42. The van der Waals surface area contributed by atoms with Crippen LogP contribution in [0.5, 0.6) is 0 Å². The van der Waals surface area contributed by atoms with Crippen LogP contribution in [0.4, 0.5) is 8.78 Å². The molecule has 0 spiro atoms. The van der Waals surface area contributed by atoms with Crippen LogP contribution in [0.1, 0.15) is 16.9 Å². The van der Waals surface area contributed by atoms with Crippen LogP contribution in [0.25, 0.3) is 0 Å². The third kappa shape index (κ3) is 4.34. The summed E-state index contributed by atoms with van der Waals surface area (Å²) in [5.74, 6) is -3.85. The van der Waals surface area contributed by atoms with Crippen molar-refractivity contribution in [3.63, 3.8) is 0 Å². The van der Waals surface area contributed by atoms with E-state index in [2.05, 4.69) is 0 Å². The predicted octanol–water partition coefficient (Wildman–Crippen LogP) is 0.411. The fourth-order valence-corrected chi connectivity index (χ4v) is 1.54. The number of amides is 1. The number of alkyl halides is 2. The van der Waals surface area contributed by atoms with Gasteiger partial charge in [0.25, 0.3) is 12.3 Å². The van der Waals surface area contributed by atoms with Crippen molar-refractivity contribution in [2.45, 2.75) is 25.4 Å². The number of carboxylic acids is 2. The molecule has 7 nitrogen and oxygen atoms in total. The second-order valence-electron chi connectivity index (χ2n) is 3.90. The summed E-state index contributed by atoms with van der Waals surface area (Å²) in [4.78, 5) is 33.0. The van der Waals surface area contributed by atoms with Crippen molar-refractivity contribution >= 4 is 17.8 Å². The largest absolute Gasteiger partial charge is 0.481 e. The van der Waals surface area contributed by atoms with E-state index >= 15 is 0 Å². The van der Waals surface area contributed by atoms with Crippen molar-refractivity contribution in [1.82, 2.24) is 9.88 Å². The van der Waals surface area contributed by atoms with E-state index in [1.54, 1.807) is 0 Å². The summed E-state index contributed by atoms with van der Waals surface area (Å²) >= 11 is 0. The van der Waals surface area contributed by atoms with Gasteiger partial charge in [-0.3, -0.25) is 9.59 Å². The van der Waals surface area contributed by atoms with Gasteiger partial charge in [-0.2, -0.15) is 0 Å². The van der Waals surface area contributed by atoms with Crippen molar-refractivity contribution in [2.75, 3.05) is 0 Å². The van der Waals surface area contributed by atoms with Crippen molar-refractivity contribution in [2.24, 2.45) is 0 Å². The first-order chi connectivity index (χ1) is 9.31. The number of rotatable bonds is 7. The Morgan fingerprint density at radius 3 is 2.45 bits per heavy atom. The van der Waals surface area contributed by atoms with E-state index in [1.165, 1.54) is 18.3 Å². The molecule has 1 aromatic heterocycles. The number of carbonyl (C=O) groups is 3. The van der Waals surface area contributed by atoms with E-state index < -0.39 is 43.3 Å². The molecular formula is C11H12F2N2O5. The molecule has 0 bridgehead atoms. The standard InChI is InChI=1S/C11H12F2N2O5/c12-8(13)5-15-3-1-2-7(15)10(18)14-6(11(19)20)4-9(16)17/h1-3,6,8H,4-5H2,(H,14,18)(H,16,17)(H,19,20). The number of nitrogens with zero attached hydrogens (tertiary/aromatic N) is 1. The fraction of sp³-hybridized carbons (Fsp3) is 0.364. The lowest BCUT2D eigenvalue weighted by Gasteiger charge is -2.14. The zero-order chi connectivity index (χ0) is 15.3. The van der Waals surface area contributed by atoms with E-state index in [1.807, 2.05) is 5.32 Å². The van der Waals surface area contributed by atoms with E-state index in [-0.39, 0.29) is 5.69 Å². The Balaban J connectivity index is 2.81. The molecule has 0 radical (unpaired) electrons. The number of hydrogen-bond acceptors (Lipinski definition) is 3. The van der Waals surface area contributed by atoms with Gasteiger partial charge in [-0.1, -0.05) is 0 Å². The van der Waals surface area contributed by atoms with Gasteiger partial charge in [0, 0.05) is 6.20 Å². The van der Waals surface area contributed by atoms with Crippen molar-refractivity contribution in [1.29, 1.82) is 0 Å². The smallest absolute Gasteiger partial charge is 0.326 e. The predicted molar refractivity (Wildman–Crippen MR) is 61.6 cm³/mol. The number of nitrogens with one attached hydrogen (secondary N) is 1. The Morgan fingerprint density at radius 2 is 1.95 bits per heavy atom. The summed E-state index contributed by atoms with van der Waals surface area (Å²) in [7, 11) is 0. The maximum atomic E-state index is 12.3. The van der Waals surface area contributed by atoms with E-state index in [0.29, 0.717) is 0 Å². The molecule has 0 aliphatic rings. The zero-order valence-corrected chi connectivity index (χ0v) is 10.1. The van der Waals surface area contributed by atoms with Crippen LogP contribution in [0.2, 0.25) is 0 Å². The van der Waals surface area contributed by atoms with Gasteiger partial charge < -0.3 is 20.1 Å². The Labute approximate surface area is 111 Å². The van der Waals surface area contributed by atoms with E-state index in [9.17, 15) is 23.2 Å². The van der Waals surface area contributed by atoms with Gasteiger partial charge >= 0.3 is 11.9 Å². The average Bonchev–Trinajstić information content (AvgIpc) is 2.74. The number of aromatic nitrogens is 1. The summed E-state index contributed by atoms with van der Waals surface area (Å²) in [5, 5.41) is 19.3. The van der Waals surface area contributed by atoms with Crippen LogP contribution < -0.4 is 5.32 Å². The topological polar surface area (TPSA) is 109 Å². The first-order valence-electron chi connectivity index (χ1n) is 5.50. The molecule has 1 amide bonds. The van der Waals surface area contributed by atoms with Gasteiger partial charge in [0.1, 0.15) is 11.7 Å². The fourth-order valence-electron chi connectivity index (χ4n) is 1.54. The average molecular weight is 290 g/mol. The number of carboxylic acid groups (broad SMARTS) is 2. The number of halogens is 2. The Bertz CT molecular complexity index is 515. The van der Waals surface area contributed by atoms with Crippen LogP contribution in [0.3, 0.4) is 0 Å². The summed E-state index contributed by atoms with van der Waals surface area (Å²) < 4.78 is 25.5. The molecule has 0 aliphatic carbocycles. The highest BCUT2D eigenvalue weighted by molar-refractivity contribution is 5.96. The van der Waals surface area contributed by atoms with Gasteiger partial charge in [-0.15, -0.1) is 0 Å². The molecule has 0 aliphatic heterocycles. The maximum Gasteiger partial charge on any atom is 0.326 e. The second-order valence-corrected chi connectivity index (χ2v) is 3.90. The minimum Gasteiger partial charge on any atom is -0.481 e. The summed E-state index contributed by atoms with van der Waals surface area (Å²) in [6.45, 7) is -0.716. The van der Waals surface area contributed by atoms with Gasteiger partial charge in [0.2, 0.25) is 0 Å². The number of hydrogen-bond donors (Lipinski definition) is 3. The molecule has 0 saturated heterocycles. The minimum atomic E-state index is -2.68. The first kappa shape index (κ1) is 15.6. The molecule has 9 heteroatoms. The molecule has 20 heavy (non-hydrogen) atoms. The summed E-state index contributed by atoms with van der Waals surface area (Å²) in [5.41, 5.74) is -0.165. The highest BCUT2D eigenvalue weighted by atomic mass is 19.3. The molecule has 0 aromatic carbocycles. The molecular weight excluding hydrogens is 278 g/mol. The molecule has 0 saturated carbocycles. The Hall–Kier alpha value is -2.45. The van der Waals surface area contributed by atoms with Crippen molar-refractivity contribution < 1.29 is 33.4 Å². The Morgan fingerprint density at radius 1 is 1.30 bits per heavy atom. The molecule has 3 N–H and O–H groups in total. The molecule has 110 valence electrons. The molecule has 1 aromatic rings. The van der Waals surface area contributed by atoms with Crippen LogP contribution in [0.15, 0.2) is 18.3 Å². The number of carbonyl (C=O) groups excluding carboxylic acids is 1. The highest BCUT2D eigenvalue weighted by Gasteiger charge is 2.25. The third-order valence-corrected chi connectivity index (χ3v) is 2.38. The van der Waals surface area contributed by atoms with Crippen LogP contribution in [0, 0.1) is 0 Å². The lowest BCUT2D eigenvalue weighted by molar-refractivity contribution is -0.145. The first-order valence-corrected chi connectivity index (χ1v) is 5.50. The zero-order valence-electron chi connectivity index (χ0n) is 10.1. The summed E-state index contributed by atoms with van der Waals surface area (Å²) in [6, 6.07) is 0.955. The van der Waals surface area contributed by atoms with Crippen molar-refractivity contribution in [3.8, 4) is 0 Å². The van der Waals surface area contributed by atoms with Crippen LogP contribution >= 0.6 is 0 Å². The molecule has 1 rings (SSSR count). The van der Waals surface area contributed by atoms with Gasteiger partial charge in [0.05, 0.1) is 13.0 Å². The number of aliphatic carboxylic acids is 2. The highest BCUT2D eigenvalue weighted by Crippen LogP contribution is 2.07. The summed E-state index contributed by atoms with van der Waals surface area (Å²) in [6.07, 6.45) is -2.24. The molecule has 1 heterocycles. The maximum absolute atomic E-state index is 12.3. The normalized spacial score (nSPS) is 12.2. The monoisotopic (exact) mass is 290 g/mol. The van der Waals surface area contributed by atoms with E-state index in [0.717, 1.165) is 4.57 Å². The van der Waals surface area contributed by atoms with Crippen LogP contribution in [-0.2, 0) is 16.1 Å². The molecule has 1 unspecified atom stereocenters. The quantitative estimate of drug-likeness (QED) is 0.674. The third-order valence-electron chi connectivity index (χ3n) is 2.38. The van der Waals surface area contributed by atoms with Gasteiger partial charge in [-0.25, -0.2) is 13.6 Å². The molecule has 1 atom stereocenters. The second kappa shape index (κ2) is 6.64. The Kier molecular flexibility index (Phi) is 5.18. The van der Waals surface area contributed by atoms with Crippen molar-refractivity contribution in [3.05, 3.63) is 24.0 Å². The SMILES string of the molecule is O=C(O)CC(NC(=O)c1cccn1CC(F)F)C(=O)O. The molecule has 0 fully saturated rings. The van der Waals surface area contributed by atoms with E-state index in [4.69, 9.17) is 10.2 Å². The van der Waals surface area contributed by atoms with Gasteiger partial charge in [0.15, 0.2) is 0 Å². The van der Waals surface area contributed by atoms with Crippen LogP contribution in [-0.4, -0.2) is 45.1 Å². The van der Waals surface area contributed by atoms with Gasteiger partial charge in [-0.05, 0) is 12.1 Å².